The normalized spacial score (nSPS) is 15.1. The Kier molecular flexibility index (Phi) is 7.68. The van der Waals surface area contributed by atoms with Crippen LogP contribution in [0.1, 0.15) is 31.0 Å². The molecular formula is C27H28N2O7S. The molecule has 2 aromatic carbocycles. The van der Waals surface area contributed by atoms with Gasteiger partial charge in [-0.25, -0.2) is 9.79 Å². The Bertz CT molecular complexity index is 1550. The fraction of sp³-hybridized carbons (Fsp3) is 0.296. The van der Waals surface area contributed by atoms with Gasteiger partial charge in [-0.1, -0.05) is 29.5 Å². The third-order valence-corrected chi connectivity index (χ3v) is 6.94. The Balaban J connectivity index is 1.99. The Morgan fingerprint density at radius 2 is 1.76 bits per heavy atom. The van der Waals surface area contributed by atoms with Crippen LogP contribution in [0, 0.1) is 0 Å². The van der Waals surface area contributed by atoms with Crippen LogP contribution in [-0.4, -0.2) is 45.6 Å². The number of esters is 1. The second-order valence-corrected chi connectivity index (χ2v) is 9.01. The third-order valence-electron chi connectivity index (χ3n) is 5.96. The van der Waals surface area contributed by atoms with Crippen molar-refractivity contribution in [3.63, 3.8) is 0 Å². The molecule has 0 saturated heterocycles. The molecule has 0 N–H and O–H groups in total. The van der Waals surface area contributed by atoms with Crippen molar-refractivity contribution < 1.29 is 28.5 Å². The van der Waals surface area contributed by atoms with Gasteiger partial charge >= 0.3 is 5.97 Å². The lowest BCUT2D eigenvalue weighted by molar-refractivity contribution is -0.139. The third kappa shape index (κ3) is 4.72. The molecule has 10 heteroatoms. The zero-order valence-electron chi connectivity index (χ0n) is 21.5. The number of fused-ring (bicyclic) bond motifs is 1. The molecule has 0 radical (unpaired) electrons. The van der Waals surface area contributed by atoms with Crippen LogP contribution in [0.25, 0.3) is 6.08 Å². The summed E-state index contributed by atoms with van der Waals surface area (Å²) in [5, 5.41) is 0. The van der Waals surface area contributed by atoms with E-state index < -0.39 is 12.0 Å². The van der Waals surface area contributed by atoms with Gasteiger partial charge in [-0.05, 0) is 43.7 Å². The van der Waals surface area contributed by atoms with Crippen molar-refractivity contribution in [1.29, 1.82) is 0 Å². The van der Waals surface area contributed by atoms with E-state index in [4.69, 9.17) is 23.7 Å². The van der Waals surface area contributed by atoms with Gasteiger partial charge in [0.15, 0.2) is 27.8 Å². The second kappa shape index (κ2) is 10.9. The molecule has 0 amide bonds. The minimum absolute atomic E-state index is 0.189. The van der Waals surface area contributed by atoms with Crippen LogP contribution in [0.2, 0.25) is 0 Å². The number of ether oxygens (including phenoxy) is 5. The number of rotatable bonds is 8. The number of aromatic nitrogens is 1. The predicted molar refractivity (Wildman–Crippen MR) is 139 cm³/mol. The highest BCUT2D eigenvalue weighted by Crippen LogP contribution is 2.36. The van der Waals surface area contributed by atoms with E-state index in [0.717, 1.165) is 0 Å². The van der Waals surface area contributed by atoms with Crippen LogP contribution in [-0.2, 0) is 9.53 Å². The molecule has 4 rings (SSSR count). The number of thiazole rings is 1. The summed E-state index contributed by atoms with van der Waals surface area (Å²) < 4.78 is 29.1. The summed E-state index contributed by atoms with van der Waals surface area (Å²) in [4.78, 5) is 32.0. The van der Waals surface area contributed by atoms with E-state index in [-0.39, 0.29) is 17.7 Å². The molecular weight excluding hydrogens is 496 g/mol. The topological polar surface area (TPSA) is 97.6 Å². The number of nitrogens with zero attached hydrogens (tertiary/aromatic N) is 2. The van der Waals surface area contributed by atoms with Gasteiger partial charge in [0.1, 0.15) is 0 Å². The van der Waals surface area contributed by atoms with Gasteiger partial charge in [0.25, 0.3) is 5.56 Å². The van der Waals surface area contributed by atoms with Crippen LogP contribution >= 0.6 is 11.3 Å². The monoisotopic (exact) mass is 524 g/mol. The smallest absolute Gasteiger partial charge is 0.338 e. The first-order chi connectivity index (χ1) is 17.9. The molecule has 37 heavy (non-hydrogen) atoms. The quantitative estimate of drug-likeness (QED) is 0.418. The van der Waals surface area contributed by atoms with Crippen molar-refractivity contribution in [2.75, 3.05) is 35.0 Å². The van der Waals surface area contributed by atoms with Gasteiger partial charge in [-0.3, -0.25) is 9.36 Å². The average Bonchev–Trinajstić information content (AvgIpc) is 3.21. The molecule has 0 fully saturated rings. The highest BCUT2D eigenvalue weighted by atomic mass is 32.1. The van der Waals surface area contributed by atoms with E-state index in [1.807, 2.05) is 12.1 Å². The van der Waals surface area contributed by atoms with Gasteiger partial charge in [0, 0.05) is 5.56 Å². The number of para-hydroxylation sites is 1. The number of carbonyl (C=O) groups excluding carboxylic acids is 1. The van der Waals surface area contributed by atoms with E-state index in [9.17, 15) is 9.59 Å². The standard InChI is InChI=1S/C27H28N2O7S/c1-7-36-26(31)22-15(2)28-27-29(23(22)16-11-12-18(32-3)20(13-16)34-5)25(30)21(37-27)14-17-9-8-10-19(33-4)24(17)35-6/h8-14,23H,7H2,1-6H3/b21-14-/t23-/m1/s1. The van der Waals surface area contributed by atoms with Gasteiger partial charge in [-0.2, -0.15) is 0 Å². The molecule has 3 aromatic rings. The summed E-state index contributed by atoms with van der Waals surface area (Å²) in [6.45, 7) is 3.66. The number of carbonyl (C=O) groups is 1. The van der Waals surface area contributed by atoms with Gasteiger partial charge in [0.2, 0.25) is 0 Å². The van der Waals surface area contributed by atoms with E-state index in [2.05, 4.69) is 4.99 Å². The lowest BCUT2D eigenvalue weighted by Gasteiger charge is -2.25. The molecule has 1 aliphatic rings. The largest absolute Gasteiger partial charge is 0.493 e. The van der Waals surface area contributed by atoms with Gasteiger partial charge in [0.05, 0.1) is 56.9 Å². The van der Waals surface area contributed by atoms with E-state index in [1.165, 1.54) is 23.0 Å². The zero-order valence-corrected chi connectivity index (χ0v) is 22.3. The molecule has 1 aliphatic heterocycles. The molecule has 1 aromatic heterocycles. The molecule has 1 atom stereocenters. The molecule has 9 nitrogen and oxygen atoms in total. The highest BCUT2D eigenvalue weighted by molar-refractivity contribution is 7.07. The molecule has 0 bridgehead atoms. The summed E-state index contributed by atoms with van der Waals surface area (Å²) in [5.74, 6) is 1.53. The van der Waals surface area contributed by atoms with Crippen molar-refractivity contribution in [1.82, 2.24) is 4.57 Å². The van der Waals surface area contributed by atoms with Crippen LogP contribution < -0.4 is 33.8 Å². The lowest BCUT2D eigenvalue weighted by atomic mass is 9.95. The fourth-order valence-electron chi connectivity index (χ4n) is 4.30. The maximum Gasteiger partial charge on any atom is 0.338 e. The molecule has 2 heterocycles. The van der Waals surface area contributed by atoms with Gasteiger partial charge < -0.3 is 23.7 Å². The van der Waals surface area contributed by atoms with Crippen LogP contribution in [0.3, 0.4) is 0 Å². The zero-order chi connectivity index (χ0) is 26.7. The van der Waals surface area contributed by atoms with Crippen LogP contribution in [0.15, 0.2) is 57.5 Å². The fourth-order valence-corrected chi connectivity index (χ4v) is 5.33. The summed E-state index contributed by atoms with van der Waals surface area (Å²) in [7, 11) is 6.17. The van der Waals surface area contributed by atoms with Crippen LogP contribution in [0.4, 0.5) is 0 Å². The molecule has 0 spiro atoms. The maximum absolute atomic E-state index is 13.8. The first-order valence-corrected chi connectivity index (χ1v) is 12.3. The number of allylic oxidation sites excluding steroid dienone is 1. The molecule has 0 unspecified atom stereocenters. The van der Waals surface area contributed by atoms with Crippen molar-refractivity contribution >= 4 is 23.4 Å². The Hall–Kier alpha value is -4.05. The van der Waals surface area contributed by atoms with Crippen molar-refractivity contribution in [3.8, 4) is 23.0 Å². The molecule has 0 aliphatic carbocycles. The molecule has 0 saturated carbocycles. The van der Waals surface area contributed by atoms with E-state index in [1.54, 1.807) is 65.5 Å². The highest BCUT2D eigenvalue weighted by Gasteiger charge is 2.34. The minimum atomic E-state index is -0.774. The minimum Gasteiger partial charge on any atom is -0.493 e. The lowest BCUT2D eigenvalue weighted by Crippen LogP contribution is -2.40. The first kappa shape index (κ1) is 26.0. The average molecular weight is 525 g/mol. The number of benzene rings is 2. The predicted octanol–water partition coefficient (Wildman–Crippen LogP) is 2.83. The van der Waals surface area contributed by atoms with E-state index in [0.29, 0.717) is 49.2 Å². The van der Waals surface area contributed by atoms with Crippen LogP contribution in [0.5, 0.6) is 23.0 Å². The number of methoxy groups -OCH3 is 4. The summed E-state index contributed by atoms with van der Waals surface area (Å²) >= 11 is 1.23. The van der Waals surface area contributed by atoms with Crippen molar-refractivity contribution in [2.45, 2.75) is 19.9 Å². The Morgan fingerprint density at radius 3 is 2.41 bits per heavy atom. The van der Waals surface area contributed by atoms with E-state index >= 15 is 0 Å². The molecule has 194 valence electrons. The van der Waals surface area contributed by atoms with Gasteiger partial charge in [-0.15, -0.1) is 0 Å². The first-order valence-electron chi connectivity index (χ1n) is 11.5. The summed E-state index contributed by atoms with van der Waals surface area (Å²) in [5.41, 5.74) is 1.79. The SMILES string of the molecule is CCOC(=O)C1=C(C)N=c2s/c(=C\c3cccc(OC)c3OC)c(=O)n2[C@@H]1c1ccc(OC)c(OC)c1. The maximum atomic E-state index is 13.8. The summed E-state index contributed by atoms with van der Waals surface area (Å²) in [6, 6.07) is 9.95. The van der Waals surface area contributed by atoms with Crippen molar-refractivity contribution in [3.05, 3.63) is 78.5 Å². The summed E-state index contributed by atoms with van der Waals surface area (Å²) in [6.07, 6.45) is 1.74. The number of hydrogen-bond donors (Lipinski definition) is 0. The Labute approximate surface area is 217 Å². The number of hydrogen-bond acceptors (Lipinski definition) is 9. The van der Waals surface area contributed by atoms with Crippen molar-refractivity contribution in [2.24, 2.45) is 4.99 Å². The Morgan fingerprint density at radius 1 is 1.03 bits per heavy atom. The second-order valence-electron chi connectivity index (χ2n) is 8.00.